The number of piperidine rings is 1. The van der Waals surface area contributed by atoms with Gasteiger partial charge in [0.2, 0.25) is 0 Å². The van der Waals surface area contributed by atoms with Gasteiger partial charge in [0.05, 0.1) is 5.56 Å². The maximum Gasteiger partial charge on any atom is 0.325 e. The fourth-order valence-corrected chi connectivity index (χ4v) is 5.68. The summed E-state index contributed by atoms with van der Waals surface area (Å²) in [5.74, 6) is -0.782. The lowest BCUT2D eigenvalue weighted by atomic mass is 9.73. The Kier molecular flexibility index (Phi) is 7.33. The number of likely N-dealkylation sites (tertiary alicyclic amines) is 1. The van der Waals surface area contributed by atoms with E-state index in [1.165, 1.54) is 28.4 Å². The van der Waals surface area contributed by atoms with Crippen LogP contribution in [0.3, 0.4) is 0 Å². The van der Waals surface area contributed by atoms with E-state index in [2.05, 4.69) is 5.32 Å². The molecule has 1 aromatic carbocycles. The van der Waals surface area contributed by atoms with Gasteiger partial charge in [-0.15, -0.1) is 0 Å². The summed E-state index contributed by atoms with van der Waals surface area (Å²) in [6.45, 7) is 2.11. The number of carbonyl (C=O) groups is 3. The molecule has 34 heavy (non-hydrogen) atoms. The highest BCUT2D eigenvalue weighted by Crippen LogP contribution is 2.37. The zero-order valence-corrected chi connectivity index (χ0v) is 20.4. The molecule has 4 rings (SSSR count). The second-order valence-electron chi connectivity index (χ2n) is 9.40. The van der Waals surface area contributed by atoms with Crippen molar-refractivity contribution in [1.29, 1.82) is 0 Å². The van der Waals surface area contributed by atoms with Crippen LogP contribution in [-0.4, -0.2) is 78.4 Å². The van der Waals surface area contributed by atoms with Gasteiger partial charge in [-0.3, -0.25) is 14.5 Å². The first-order valence-electron chi connectivity index (χ1n) is 11.6. The van der Waals surface area contributed by atoms with Gasteiger partial charge in [0, 0.05) is 31.4 Å². The molecule has 2 fully saturated rings. The quantitative estimate of drug-likeness (QED) is 0.582. The van der Waals surface area contributed by atoms with Crippen LogP contribution in [0.1, 0.15) is 35.2 Å². The number of carbonyl (C=O) groups excluding carboxylic acids is 3. The van der Waals surface area contributed by atoms with Gasteiger partial charge in [-0.1, -0.05) is 12.1 Å². The Bertz CT molecular complexity index is 1040. The molecule has 1 aromatic heterocycles. The third-order valence-electron chi connectivity index (χ3n) is 6.81. The molecule has 0 saturated carbocycles. The summed E-state index contributed by atoms with van der Waals surface area (Å²) < 4.78 is 13.9. The van der Waals surface area contributed by atoms with Gasteiger partial charge < -0.3 is 15.1 Å². The van der Waals surface area contributed by atoms with Crippen LogP contribution in [0.5, 0.6) is 0 Å². The van der Waals surface area contributed by atoms with E-state index in [9.17, 15) is 18.8 Å². The predicted molar refractivity (Wildman–Crippen MR) is 129 cm³/mol. The van der Waals surface area contributed by atoms with Crippen LogP contribution in [0.15, 0.2) is 41.1 Å². The molecule has 0 spiro atoms. The summed E-state index contributed by atoms with van der Waals surface area (Å²) in [7, 11) is 3.90. The zero-order chi connectivity index (χ0) is 24.3. The Morgan fingerprint density at radius 2 is 2.00 bits per heavy atom. The lowest BCUT2D eigenvalue weighted by molar-refractivity contribution is -0.134. The number of nitrogens with zero attached hydrogens (tertiary/aromatic N) is 3. The minimum absolute atomic E-state index is 0.00836. The van der Waals surface area contributed by atoms with E-state index in [1.807, 2.05) is 40.7 Å². The maximum atomic E-state index is 13.9. The van der Waals surface area contributed by atoms with Crippen LogP contribution >= 0.6 is 11.3 Å². The largest absolute Gasteiger partial charge is 0.339 e. The van der Waals surface area contributed by atoms with Crippen molar-refractivity contribution in [2.24, 2.45) is 5.92 Å². The number of halogens is 1. The highest BCUT2D eigenvalue weighted by molar-refractivity contribution is 7.08. The van der Waals surface area contributed by atoms with Crippen molar-refractivity contribution < 1.29 is 18.8 Å². The average molecular weight is 487 g/mol. The van der Waals surface area contributed by atoms with Crippen molar-refractivity contribution in [3.8, 4) is 0 Å². The molecular weight excluding hydrogens is 455 g/mol. The molecule has 1 N–H and O–H groups in total. The number of imide groups is 1. The number of hydrogen-bond acceptors (Lipinski definition) is 5. The Balaban J connectivity index is 1.55. The normalized spacial score (nSPS) is 21.4. The first kappa shape index (κ1) is 24.3. The Morgan fingerprint density at radius 3 is 2.65 bits per heavy atom. The highest BCUT2D eigenvalue weighted by atomic mass is 32.1. The minimum Gasteiger partial charge on any atom is -0.339 e. The topological polar surface area (TPSA) is 73.0 Å². The van der Waals surface area contributed by atoms with Crippen LogP contribution < -0.4 is 5.32 Å². The molecule has 182 valence electrons. The van der Waals surface area contributed by atoms with Crippen LogP contribution in [0, 0.1) is 11.7 Å². The van der Waals surface area contributed by atoms with E-state index in [0.29, 0.717) is 50.0 Å². The van der Waals surface area contributed by atoms with Crippen LogP contribution in [0.4, 0.5) is 9.18 Å². The number of benzene rings is 1. The fraction of sp³-hybridized carbons (Fsp3) is 0.480. The summed E-state index contributed by atoms with van der Waals surface area (Å²) in [6, 6.07) is 7.62. The summed E-state index contributed by atoms with van der Waals surface area (Å²) in [4.78, 5) is 44.6. The number of hydrogen-bond donors (Lipinski definition) is 1. The first-order valence-corrected chi connectivity index (χ1v) is 12.6. The summed E-state index contributed by atoms with van der Waals surface area (Å²) in [6.07, 6.45) is 2.07. The van der Waals surface area contributed by atoms with Crippen molar-refractivity contribution in [3.05, 3.63) is 58.0 Å². The molecule has 2 aromatic rings. The molecule has 0 unspecified atom stereocenters. The third-order valence-corrected chi connectivity index (χ3v) is 7.49. The van der Waals surface area contributed by atoms with Crippen LogP contribution in [0.2, 0.25) is 0 Å². The fourth-order valence-electron chi connectivity index (χ4n) is 5.05. The van der Waals surface area contributed by atoms with E-state index in [4.69, 9.17) is 0 Å². The monoisotopic (exact) mass is 486 g/mol. The predicted octanol–water partition coefficient (Wildman–Crippen LogP) is 3.22. The maximum absolute atomic E-state index is 13.9. The number of rotatable bonds is 8. The average Bonchev–Trinajstić information content (AvgIpc) is 3.42. The van der Waals surface area contributed by atoms with Gasteiger partial charge >= 0.3 is 6.03 Å². The lowest BCUT2D eigenvalue weighted by Gasteiger charge is -2.41. The molecule has 2 aliphatic rings. The molecule has 2 saturated heterocycles. The van der Waals surface area contributed by atoms with Gasteiger partial charge in [0.25, 0.3) is 11.8 Å². The highest BCUT2D eigenvalue weighted by Gasteiger charge is 2.55. The molecule has 7 nitrogen and oxygen atoms in total. The van der Waals surface area contributed by atoms with Crippen molar-refractivity contribution in [2.45, 2.75) is 31.2 Å². The zero-order valence-electron chi connectivity index (χ0n) is 19.6. The van der Waals surface area contributed by atoms with Gasteiger partial charge in [0.1, 0.15) is 11.4 Å². The van der Waals surface area contributed by atoms with Crippen LogP contribution in [-0.2, 0) is 11.2 Å². The second-order valence-corrected chi connectivity index (χ2v) is 10.2. The number of thiophene rings is 1. The summed E-state index contributed by atoms with van der Waals surface area (Å²) in [5.41, 5.74) is 0.205. The lowest BCUT2D eigenvalue weighted by Crippen LogP contribution is -2.58. The molecule has 4 amide bonds. The van der Waals surface area contributed by atoms with Gasteiger partial charge in [-0.05, 0) is 75.0 Å². The van der Waals surface area contributed by atoms with Crippen molar-refractivity contribution >= 4 is 29.2 Å². The van der Waals surface area contributed by atoms with E-state index >= 15 is 0 Å². The Hall–Kier alpha value is -2.78. The molecule has 9 heteroatoms. The number of urea groups is 1. The SMILES string of the molecule is CN(C)CCCN1C(=O)N[C@](Cc2cccc(F)c2)(C2CCN(C(=O)c3ccsc3)CC2)C1=O. The van der Waals surface area contributed by atoms with Gasteiger partial charge in [-0.2, -0.15) is 11.3 Å². The molecule has 2 aliphatic heterocycles. The summed E-state index contributed by atoms with van der Waals surface area (Å²) in [5, 5.41) is 6.73. The van der Waals surface area contributed by atoms with Crippen LogP contribution in [0.25, 0.3) is 0 Å². The molecule has 3 heterocycles. The van der Waals surface area contributed by atoms with E-state index in [-0.39, 0.29) is 30.0 Å². The Morgan fingerprint density at radius 1 is 1.24 bits per heavy atom. The van der Waals surface area contributed by atoms with E-state index < -0.39 is 11.6 Å². The van der Waals surface area contributed by atoms with Gasteiger partial charge in [0.15, 0.2) is 0 Å². The Labute approximate surface area is 203 Å². The number of amides is 4. The first-order chi connectivity index (χ1) is 16.3. The number of nitrogens with one attached hydrogen (secondary N) is 1. The molecular formula is C25H31FN4O3S. The molecule has 0 aliphatic carbocycles. The second kappa shape index (κ2) is 10.2. The minimum atomic E-state index is -1.14. The van der Waals surface area contributed by atoms with Crippen molar-refractivity contribution in [3.63, 3.8) is 0 Å². The standard InChI is InChI=1S/C25H31FN4O3S/c1-28(2)10-4-11-30-23(32)25(27-24(30)33,16-18-5-3-6-21(26)15-18)20-7-12-29(13-8-20)22(31)19-9-14-34-17-19/h3,5-6,9,14-15,17,20H,4,7-8,10-13,16H2,1-2H3,(H,27,33)/t25-/m1/s1. The van der Waals surface area contributed by atoms with Crippen molar-refractivity contribution in [1.82, 2.24) is 20.0 Å². The van der Waals surface area contributed by atoms with E-state index in [0.717, 1.165) is 6.54 Å². The molecule has 0 bridgehead atoms. The molecule has 0 radical (unpaired) electrons. The van der Waals surface area contributed by atoms with Crippen molar-refractivity contribution in [2.75, 3.05) is 40.3 Å². The van der Waals surface area contributed by atoms with Gasteiger partial charge in [-0.25, -0.2) is 9.18 Å². The third kappa shape index (κ3) is 5.00. The van der Waals surface area contributed by atoms with E-state index in [1.54, 1.807) is 12.1 Å². The summed E-state index contributed by atoms with van der Waals surface area (Å²) >= 11 is 1.48. The smallest absolute Gasteiger partial charge is 0.325 e. The molecule has 1 atom stereocenters.